The van der Waals surface area contributed by atoms with Crippen molar-refractivity contribution >= 4 is 33.4 Å². The molecule has 28 heavy (non-hydrogen) atoms. The summed E-state index contributed by atoms with van der Waals surface area (Å²) in [6.07, 6.45) is 6.31. The number of morpholine rings is 1. The molecule has 3 aromatic heterocycles. The van der Waals surface area contributed by atoms with Gasteiger partial charge in [0.1, 0.15) is 4.83 Å². The second-order valence-electron chi connectivity index (χ2n) is 7.09. The summed E-state index contributed by atoms with van der Waals surface area (Å²) in [5.41, 5.74) is 1.14. The first-order chi connectivity index (χ1) is 13.8. The van der Waals surface area contributed by atoms with Gasteiger partial charge in [-0.3, -0.25) is 4.79 Å². The van der Waals surface area contributed by atoms with Crippen LogP contribution in [0.15, 0.2) is 36.8 Å². The third kappa shape index (κ3) is 3.12. The summed E-state index contributed by atoms with van der Waals surface area (Å²) in [6.45, 7) is 4.20. The highest BCUT2D eigenvalue weighted by Gasteiger charge is 2.33. The van der Waals surface area contributed by atoms with Crippen LogP contribution in [0.25, 0.3) is 10.2 Å². The lowest BCUT2D eigenvalue weighted by Crippen LogP contribution is -2.40. The number of nitrogens with zero attached hydrogens (tertiary/aromatic N) is 5. The molecule has 2 saturated heterocycles. The van der Waals surface area contributed by atoms with Gasteiger partial charge in [-0.25, -0.2) is 15.0 Å². The number of anilines is 1. The number of fused-ring (bicyclic) bond motifs is 1. The molecular formula is C20H21N5O2S. The fourth-order valence-electron chi connectivity index (χ4n) is 4.06. The van der Waals surface area contributed by atoms with Crippen LogP contribution in [0.2, 0.25) is 0 Å². The molecule has 0 radical (unpaired) electrons. The van der Waals surface area contributed by atoms with Crippen molar-refractivity contribution in [1.82, 2.24) is 19.9 Å². The number of hydrogen-bond acceptors (Lipinski definition) is 7. The molecule has 0 saturated carbocycles. The van der Waals surface area contributed by atoms with Crippen LogP contribution in [0.3, 0.4) is 0 Å². The highest BCUT2D eigenvalue weighted by atomic mass is 32.1. The van der Waals surface area contributed by atoms with E-state index in [4.69, 9.17) is 4.74 Å². The minimum Gasteiger partial charge on any atom is -0.378 e. The molecule has 144 valence electrons. The van der Waals surface area contributed by atoms with E-state index in [1.807, 2.05) is 17.0 Å². The maximum atomic E-state index is 13.3. The van der Waals surface area contributed by atoms with Gasteiger partial charge in [0.15, 0.2) is 0 Å². The second kappa shape index (κ2) is 7.44. The molecule has 1 atom stereocenters. The molecule has 0 aromatic carbocycles. The highest BCUT2D eigenvalue weighted by Crippen LogP contribution is 2.40. The molecule has 2 aliphatic rings. The van der Waals surface area contributed by atoms with E-state index in [-0.39, 0.29) is 11.8 Å². The number of aromatic nitrogens is 3. The number of carbonyl (C=O) groups excluding carboxylic acids is 1. The number of ether oxygens (including phenoxy) is 1. The third-order valence-corrected chi connectivity index (χ3v) is 6.55. The van der Waals surface area contributed by atoms with Gasteiger partial charge in [0, 0.05) is 56.1 Å². The van der Waals surface area contributed by atoms with E-state index in [2.05, 4.69) is 25.9 Å². The first kappa shape index (κ1) is 17.5. The number of hydrogen-bond donors (Lipinski definition) is 0. The Hall–Kier alpha value is -2.58. The summed E-state index contributed by atoms with van der Waals surface area (Å²) in [5, 5.41) is 1.10. The predicted octanol–water partition coefficient (Wildman–Crippen LogP) is 2.55. The normalized spacial score (nSPS) is 20.1. The summed E-state index contributed by atoms with van der Waals surface area (Å²) < 4.78 is 5.41. The molecule has 3 aromatic rings. The lowest BCUT2D eigenvalue weighted by molar-refractivity contribution is 0.0305. The Balaban J connectivity index is 1.50. The topological polar surface area (TPSA) is 71.5 Å². The van der Waals surface area contributed by atoms with Gasteiger partial charge in [-0.15, -0.1) is 11.3 Å². The largest absolute Gasteiger partial charge is 0.378 e. The highest BCUT2D eigenvalue weighted by molar-refractivity contribution is 7.20. The molecule has 5 rings (SSSR count). The predicted molar refractivity (Wildman–Crippen MR) is 108 cm³/mol. The van der Waals surface area contributed by atoms with Gasteiger partial charge in [0.2, 0.25) is 5.95 Å². The summed E-state index contributed by atoms with van der Waals surface area (Å²) in [5.74, 6) is 1.13. The first-order valence-electron chi connectivity index (χ1n) is 9.57. The molecule has 8 heteroatoms. The average molecular weight is 395 g/mol. The first-order valence-corrected chi connectivity index (χ1v) is 10.4. The molecule has 0 aliphatic carbocycles. The summed E-state index contributed by atoms with van der Waals surface area (Å²) >= 11 is 1.52. The van der Waals surface area contributed by atoms with Crippen molar-refractivity contribution in [2.75, 3.05) is 44.3 Å². The van der Waals surface area contributed by atoms with Gasteiger partial charge in [-0.2, -0.15) is 0 Å². The fourth-order valence-corrected chi connectivity index (χ4v) is 5.26. The van der Waals surface area contributed by atoms with E-state index in [1.54, 1.807) is 18.6 Å². The summed E-state index contributed by atoms with van der Waals surface area (Å²) in [7, 11) is 0. The van der Waals surface area contributed by atoms with Crippen molar-refractivity contribution in [2.24, 2.45) is 0 Å². The number of pyridine rings is 1. The van der Waals surface area contributed by atoms with Crippen LogP contribution in [0.1, 0.15) is 27.6 Å². The van der Waals surface area contributed by atoms with Crippen molar-refractivity contribution in [3.63, 3.8) is 0 Å². The Bertz CT molecular complexity index is 987. The molecular weight excluding hydrogens is 374 g/mol. The lowest BCUT2D eigenvalue weighted by atomic mass is 9.95. The van der Waals surface area contributed by atoms with Crippen molar-refractivity contribution in [2.45, 2.75) is 12.3 Å². The van der Waals surface area contributed by atoms with Crippen molar-refractivity contribution < 1.29 is 9.53 Å². The van der Waals surface area contributed by atoms with Crippen molar-refractivity contribution in [3.8, 4) is 0 Å². The molecule has 5 heterocycles. The molecule has 0 spiro atoms. The Labute approximate surface area is 167 Å². The monoisotopic (exact) mass is 395 g/mol. The van der Waals surface area contributed by atoms with E-state index >= 15 is 0 Å². The van der Waals surface area contributed by atoms with E-state index in [9.17, 15) is 4.79 Å². The van der Waals surface area contributed by atoms with Gasteiger partial charge in [0.25, 0.3) is 5.91 Å². The molecule has 7 nitrogen and oxygen atoms in total. The summed E-state index contributed by atoms with van der Waals surface area (Å²) in [6, 6.07) is 5.87. The van der Waals surface area contributed by atoms with Crippen LogP contribution in [-0.4, -0.2) is 65.2 Å². The minimum absolute atomic E-state index is 0.107. The van der Waals surface area contributed by atoms with Gasteiger partial charge in [-0.05, 0) is 24.1 Å². The van der Waals surface area contributed by atoms with Gasteiger partial charge in [-0.1, -0.05) is 6.07 Å². The molecule has 2 aliphatic heterocycles. The molecule has 0 N–H and O–H groups in total. The summed E-state index contributed by atoms with van der Waals surface area (Å²) in [4.78, 5) is 32.5. The van der Waals surface area contributed by atoms with Gasteiger partial charge >= 0.3 is 0 Å². The zero-order valence-electron chi connectivity index (χ0n) is 15.5. The van der Waals surface area contributed by atoms with Crippen LogP contribution in [-0.2, 0) is 4.74 Å². The van der Waals surface area contributed by atoms with Crippen LogP contribution in [0.5, 0.6) is 0 Å². The van der Waals surface area contributed by atoms with E-state index < -0.39 is 0 Å². The van der Waals surface area contributed by atoms with Crippen molar-refractivity contribution in [1.29, 1.82) is 0 Å². The quantitative estimate of drug-likeness (QED) is 0.679. The average Bonchev–Trinajstić information content (AvgIpc) is 3.39. The van der Waals surface area contributed by atoms with E-state index in [0.29, 0.717) is 26.3 Å². The fraction of sp³-hybridized carbons (Fsp3) is 0.400. The van der Waals surface area contributed by atoms with E-state index in [0.717, 1.165) is 46.1 Å². The number of rotatable bonds is 3. The number of amides is 1. The zero-order chi connectivity index (χ0) is 18.9. The maximum Gasteiger partial charge on any atom is 0.264 e. The Morgan fingerprint density at radius 1 is 1.07 bits per heavy atom. The van der Waals surface area contributed by atoms with Crippen LogP contribution >= 0.6 is 11.3 Å². The van der Waals surface area contributed by atoms with Crippen LogP contribution in [0, 0.1) is 0 Å². The Morgan fingerprint density at radius 3 is 2.68 bits per heavy atom. The second-order valence-corrected chi connectivity index (χ2v) is 8.09. The zero-order valence-corrected chi connectivity index (χ0v) is 16.3. The maximum absolute atomic E-state index is 13.3. The Morgan fingerprint density at radius 2 is 1.86 bits per heavy atom. The SMILES string of the molecule is O=C(c1sc2ncccc2c1[C@H]1CCN(c2ncccn2)C1)N1CCOCC1. The van der Waals surface area contributed by atoms with Crippen LogP contribution < -0.4 is 4.90 Å². The minimum atomic E-state index is 0.107. The van der Waals surface area contributed by atoms with Crippen LogP contribution in [0.4, 0.5) is 5.95 Å². The number of thiophene rings is 1. The molecule has 0 unspecified atom stereocenters. The van der Waals surface area contributed by atoms with Gasteiger partial charge < -0.3 is 14.5 Å². The molecule has 1 amide bonds. The van der Waals surface area contributed by atoms with E-state index in [1.165, 1.54) is 11.3 Å². The number of carbonyl (C=O) groups is 1. The molecule has 0 bridgehead atoms. The Kier molecular flexibility index (Phi) is 4.66. The standard InChI is InChI=1S/C20H21N5O2S/c26-19(24-9-11-27-12-10-24)17-16(15-3-1-5-21-18(15)28-17)14-4-8-25(13-14)20-22-6-2-7-23-20/h1-3,5-7,14H,4,8-13H2/t14-/m0/s1. The smallest absolute Gasteiger partial charge is 0.264 e. The lowest BCUT2D eigenvalue weighted by Gasteiger charge is -2.27. The van der Waals surface area contributed by atoms with Gasteiger partial charge in [0.05, 0.1) is 18.1 Å². The van der Waals surface area contributed by atoms with Crippen molar-refractivity contribution in [3.05, 3.63) is 47.2 Å². The third-order valence-electron chi connectivity index (χ3n) is 5.43. The molecule has 2 fully saturated rings.